The minimum absolute atomic E-state index is 0.0973. The average Bonchev–Trinajstić information content (AvgIpc) is 3.23. The molecular weight excluding hydrogens is 380 g/mol. The Hall–Kier alpha value is -2.51. The van der Waals surface area contributed by atoms with Crippen molar-refractivity contribution in [3.05, 3.63) is 46.9 Å². The molecule has 7 heteroatoms. The van der Waals surface area contributed by atoms with Crippen LogP contribution in [0, 0.1) is 6.92 Å². The summed E-state index contributed by atoms with van der Waals surface area (Å²) in [6, 6.07) is 8.00. The molecule has 1 aromatic heterocycles. The number of fused-ring (bicyclic) bond motifs is 1. The van der Waals surface area contributed by atoms with Gasteiger partial charge in [0.25, 0.3) is 0 Å². The molecule has 7 nitrogen and oxygen atoms in total. The fraction of sp³-hybridized carbons (Fsp3) is 0.522. The summed E-state index contributed by atoms with van der Waals surface area (Å²) in [5.41, 5.74) is 3.03. The molecule has 30 heavy (non-hydrogen) atoms. The van der Waals surface area contributed by atoms with Gasteiger partial charge in [-0.05, 0) is 38.8 Å². The smallest absolute Gasteiger partial charge is 0.228 e. The molecule has 2 aliphatic rings. The Morgan fingerprint density at radius 1 is 1.17 bits per heavy atom. The molecule has 1 fully saturated rings. The second-order valence-electron chi connectivity index (χ2n) is 7.95. The number of carbonyl (C=O) groups is 1. The van der Waals surface area contributed by atoms with E-state index in [-0.39, 0.29) is 11.9 Å². The molecular formula is C23H30N4O3. The number of para-hydroxylation sites is 1. The Morgan fingerprint density at radius 3 is 2.80 bits per heavy atom. The number of amides is 1. The summed E-state index contributed by atoms with van der Waals surface area (Å²) in [4.78, 5) is 26.9. The summed E-state index contributed by atoms with van der Waals surface area (Å²) in [5.74, 6) is 2.46. The number of rotatable bonds is 7. The molecule has 0 bridgehead atoms. The molecule has 4 rings (SSSR count). The van der Waals surface area contributed by atoms with Gasteiger partial charge in [-0.3, -0.25) is 14.6 Å². The van der Waals surface area contributed by atoms with Gasteiger partial charge in [-0.1, -0.05) is 18.2 Å². The van der Waals surface area contributed by atoms with E-state index in [1.54, 1.807) is 14.2 Å². The molecule has 2 aromatic rings. The van der Waals surface area contributed by atoms with Crippen LogP contribution in [0.1, 0.15) is 47.9 Å². The molecule has 3 heterocycles. The van der Waals surface area contributed by atoms with Gasteiger partial charge < -0.3 is 9.47 Å². The van der Waals surface area contributed by atoms with Crippen molar-refractivity contribution in [2.75, 3.05) is 38.8 Å². The van der Waals surface area contributed by atoms with Gasteiger partial charge in [-0.15, -0.1) is 0 Å². The maximum absolute atomic E-state index is 12.9. The highest BCUT2D eigenvalue weighted by Gasteiger charge is 2.33. The lowest BCUT2D eigenvalue weighted by molar-refractivity contribution is -0.119. The number of carbonyl (C=O) groups excluding carboxylic acids is 1. The highest BCUT2D eigenvalue weighted by Crippen LogP contribution is 2.35. The number of hydrogen-bond donors (Lipinski definition) is 0. The normalized spacial score (nSPS) is 19.2. The van der Waals surface area contributed by atoms with E-state index in [4.69, 9.17) is 19.4 Å². The summed E-state index contributed by atoms with van der Waals surface area (Å²) in [6.07, 6.45) is 3.33. The third-order valence-corrected chi connectivity index (χ3v) is 6.12. The standard InChI is InChI=1S/C23H30N4O3/c1-16-18-10-11-21(28)27(15-17-7-4-5-9-20(17)30-3)23(18)25-22(24-16)19-8-6-12-26(19)13-14-29-2/h4-5,7,9,19H,6,8,10-15H2,1-3H3/t19-/m1/s1. The summed E-state index contributed by atoms with van der Waals surface area (Å²) in [5, 5.41) is 0. The highest BCUT2D eigenvalue weighted by molar-refractivity contribution is 5.95. The molecule has 0 N–H and O–H groups in total. The quantitative estimate of drug-likeness (QED) is 0.699. The molecule has 2 aliphatic heterocycles. The Labute approximate surface area is 178 Å². The molecule has 160 valence electrons. The number of anilines is 1. The van der Waals surface area contributed by atoms with Crippen LogP contribution in [0.4, 0.5) is 5.82 Å². The third kappa shape index (κ3) is 4.04. The third-order valence-electron chi connectivity index (χ3n) is 6.12. The molecule has 1 amide bonds. The van der Waals surface area contributed by atoms with Crippen LogP contribution in [0.2, 0.25) is 0 Å². The zero-order chi connectivity index (χ0) is 21.1. The van der Waals surface area contributed by atoms with E-state index in [1.165, 1.54) is 0 Å². The van der Waals surface area contributed by atoms with Crippen LogP contribution in [0.5, 0.6) is 5.75 Å². The van der Waals surface area contributed by atoms with Gasteiger partial charge in [-0.25, -0.2) is 9.97 Å². The number of hydrogen-bond acceptors (Lipinski definition) is 6. The monoisotopic (exact) mass is 410 g/mol. The summed E-state index contributed by atoms with van der Waals surface area (Å²) >= 11 is 0. The number of methoxy groups -OCH3 is 2. The van der Waals surface area contributed by atoms with E-state index in [0.29, 0.717) is 26.0 Å². The molecule has 0 radical (unpaired) electrons. The number of benzene rings is 1. The van der Waals surface area contributed by atoms with Crippen LogP contribution in [0.25, 0.3) is 0 Å². The highest BCUT2D eigenvalue weighted by atomic mass is 16.5. The fourth-order valence-electron chi connectivity index (χ4n) is 4.51. The summed E-state index contributed by atoms with van der Waals surface area (Å²) in [7, 11) is 3.38. The molecule has 0 spiro atoms. The lowest BCUT2D eigenvalue weighted by atomic mass is 10.0. The van der Waals surface area contributed by atoms with Gasteiger partial charge in [-0.2, -0.15) is 0 Å². The van der Waals surface area contributed by atoms with Crippen LogP contribution in [-0.4, -0.2) is 54.7 Å². The van der Waals surface area contributed by atoms with Crippen molar-refractivity contribution in [2.45, 2.75) is 45.2 Å². The van der Waals surface area contributed by atoms with Crippen LogP contribution < -0.4 is 9.64 Å². The van der Waals surface area contributed by atoms with Gasteiger partial charge in [0.2, 0.25) is 5.91 Å². The molecule has 0 unspecified atom stereocenters. The Bertz CT molecular complexity index is 917. The van der Waals surface area contributed by atoms with Crippen molar-refractivity contribution in [2.24, 2.45) is 0 Å². The maximum atomic E-state index is 12.9. The van der Waals surface area contributed by atoms with E-state index in [9.17, 15) is 4.79 Å². The van der Waals surface area contributed by atoms with E-state index in [0.717, 1.165) is 60.1 Å². The molecule has 1 atom stereocenters. The van der Waals surface area contributed by atoms with Gasteiger partial charge in [0, 0.05) is 36.9 Å². The predicted molar refractivity (Wildman–Crippen MR) is 115 cm³/mol. The van der Waals surface area contributed by atoms with Gasteiger partial charge in [0.15, 0.2) is 0 Å². The number of aromatic nitrogens is 2. The summed E-state index contributed by atoms with van der Waals surface area (Å²) < 4.78 is 10.8. The average molecular weight is 411 g/mol. The minimum Gasteiger partial charge on any atom is -0.496 e. The van der Waals surface area contributed by atoms with Crippen molar-refractivity contribution >= 4 is 11.7 Å². The first-order chi connectivity index (χ1) is 14.6. The van der Waals surface area contributed by atoms with Crippen molar-refractivity contribution in [3.8, 4) is 5.75 Å². The molecule has 0 saturated carbocycles. The summed E-state index contributed by atoms with van der Waals surface area (Å²) in [6.45, 7) is 5.07. The number of likely N-dealkylation sites (tertiary alicyclic amines) is 1. The second-order valence-corrected chi connectivity index (χ2v) is 7.95. The van der Waals surface area contributed by atoms with Crippen molar-refractivity contribution in [1.82, 2.24) is 14.9 Å². The number of aryl methyl sites for hydroxylation is 1. The SMILES string of the molecule is COCCN1CCC[C@@H]1c1nc(C)c2c(n1)N(Cc1ccccc1OC)C(=O)CC2. The lowest BCUT2D eigenvalue weighted by Gasteiger charge is -2.31. The van der Waals surface area contributed by atoms with E-state index < -0.39 is 0 Å². The predicted octanol–water partition coefficient (Wildman–Crippen LogP) is 3.06. The van der Waals surface area contributed by atoms with Crippen LogP contribution in [0.3, 0.4) is 0 Å². The van der Waals surface area contributed by atoms with E-state index >= 15 is 0 Å². The number of nitrogens with zero attached hydrogens (tertiary/aromatic N) is 4. The Kier molecular flexibility index (Phi) is 6.29. The van der Waals surface area contributed by atoms with Gasteiger partial charge in [0.05, 0.1) is 26.3 Å². The molecule has 1 saturated heterocycles. The lowest BCUT2D eigenvalue weighted by Crippen LogP contribution is -2.37. The van der Waals surface area contributed by atoms with Crippen LogP contribution in [-0.2, 0) is 22.5 Å². The van der Waals surface area contributed by atoms with Gasteiger partial charge >= 0.3 is 0 Å². The van der Waals surface area contributed by atoms with E-state index in [2.05, 4.69) is 4.90 Å². The van der Waals surface area contributed by atoms with Crippen molar-refractivity contribution in [1.29, 1.82) is 0 Å². The Balaban J connectivity index is 1.69. The first kappa shape index (κ1) is 20.8. The fourth-order valence-corrected chi connectivity index (χ4v) is 4.51. The van der Waals surface area contributed by atoms with Crippen molar-refractivity contribution in [3.63, 3.8) is 0 Å². The zero-order valence-corrected chi connectivity index (χ0v) is 18.1. The minimum atomic E-state index is 0.0973. The van der Waals surface area contributed by atoms with Crippen LogP contribution >= 0.6 is 0 Å². The second kappa shape index (κ2) is 9.10. The maximum Gasteiger partial charge on any atom is 0.228 e. The first-order valence-electron chi connectivity index (χ1n) is 10.6. The van der Waals surface area contributed by atoms with E-state index in [1.807, 2.05) is 36.1 Å². The van der Waals surface area contributed by atoms with Gasteiger partial charge in [0.1, 0.15) is 17.4 Å². The Morgan fingerprint density at radius 2 is 2.00 bits per heavy atom. The van der Waals surface area contributed by atoms with Crippen LogP contribution in [0.15, 0.2) is 24.3 Å². The molecule has 1 aromatic carbocycles. The molecule has 0 aliphatic carbocycles. The topological polar surface area (TPSA) is 67.8 Å². The zero-order valence-electron chi connectivity index (χ0n) is 18.1. The largest absolute Gasteiger partial charge is 0.496 e. The number of ether oxygens (including phenoxy) is 2. The first-order valence-corrected chi connectivity index (χ1v) is 10.6. The van der Waals surface area contributed by atoms with Crippen molar-refractivity contribution < 1.29 is 14.3 Å².